The molecule has 0 saturated heterocycles. The molecule has 0 aliphatic carbocycles. The fourth-order valence-electron chi connectivity index (χ4n) is 1.17. The zero-order chi connectivity index (χ0) is 12.4. The van der Waals surface area contributed by atoms with Crippen LogP contribution < -0.4 is 5.32 Å². The first-order valence-corrected chi connectivity index (χ1v) is 6.34. The lowest BCUT2D eigenvalue weighted by atomic mass is 10.2. The topological polar surface area (TPSA) is 73.1 Å². The van der Waals surface area contributed by atoms with Gasteiger partial charge in [-0.1, -0.05) is 0 Å². The molecule has 0 heterocycles. The second kappa shape index (κ2) is 9.37. The zero-order valence-electron chi connectivity index (χ0n) is 9.12. The minimum Gasteiger partial charge on any atom is -0.477 e. The number of alkyl halides is 1. The normalized spacial score (nSPS) is 11.6. The third kappa shape index (κ3) is 5.89. The average molecular weight is 263 g/mol. The first-order valence-electron chi connectivity index (χ1n) is 4.99. The molecule has 0 aliphatic rings. The minimum atomic E-state index is -1.06. The standard InChI is InChI=1S/C10H15ClN2O2S/c1-2-13-8(5-3-4-6-11)9(10(14)15)16-7-12/h13H,2-6H2,1H3,(H,14,15)/b9-8+. The van der Waals surface area contributed by atoms with E-state index in [9.17, 15) is 4.79 Å². The highest BCUT2D eigenvalue weighted by atomic mass is 35.5. The molecule has 0 atom stereocenters. The Morgan fingerprint density at radius 3 is 2.69 bits per heavy atom. The van der Waals surface area contributed by atoms with Gasteiger partial charge < -0.3 is 10.4 Å². The molecule has 0 aromatic rings. The van der Waals surface area contributed by atoms with E-state index in [0.717, 1.165) is 12.8 Å². The molecule has 2 N–H and O–H groups in total. The number of nitriles is 1. The van der Waals surface area contributed by atoms with Gasteiger partial charge in [-0.2, -0.15) is 5.26 Å². The maximum absolute atomic E-state index is 10.9. The van der Waals surface area contributed by atoms with Crippen molar-refractivity contribution in [2.24, 2.45) is 0 Å². The van der Waals surface area contributed by atoms with E-state index in [2.05, 4.69) is 5.32 Å². The quantitative estimate of drug-likeness (QED) is 0.304. The third-order valence-corrected chi connectivity index (χ3v) is 2.80. The Morgan fingerprint density at radius 2 is 2.25 bits per heavy atom. The van der Waals surface area contributed by atoms with Crippen LogP contribution in [0, 0.1) is 10.7 Å². The van der Waals surface area contributed by atoms with E-state index in [1.807, 2.05) is 6.92 Å². The highest BCUT2D eigenvalue weighted by molar-refractivity contribution is 8.08. The number of thioether (sulfide) groups is 1. The summed E-state index contributed by atoms with van der Waals surface area (Å²) in [5, 5.41) is 22.3. The molecule has 6 heteroatoms. The van der Waals surface area contributed by atoms with E-state index in [-0.39, 0.29) is 4.91 Å². The Kier molecular flexibility index (Phi) is 8.87. The van der Waals surface area contributed by atoms with Gasteiger partial charge in [0.25, 0.3) is 0 Å². The first-order chi connectivity index (χ1) is 7.67. The largest absolute Gasteiger partial charge is 0.477 e. The predicted octanol–water partition coefficient (Wildman–Crippen LogP) is 2.52. The van der Waals surface area contributed by atoms with Crippen LogP contribution in [0.25, 0.3) is 0 Å². The first kappa shape index (κ1) is 15.1. The van der Waals surface area contributed by atoms with E-state index >= 15 is 0 Å². The van der Waals surface area contributed by atoms with Crippen LogP contribution in [-0.4, -0.2) is 23.5 Å². The maximum atomic E-state index is 10.9. The van der Waals surface area contributed by atoms with Gasteiger partial charge in [0, 0.05) is 18.1 Å². The number of hydrogen-bond acceptors (Lipinski definition) is 4. The van der Waals surface area contributed by atoms with Crippen LogP contribution in [0.3, 0.4) is 0 Å². The highest BCUT2D eigenvalue weighted by Gasteiger charge is 2.14. The second-order valence-electron chi connectivity index (χ2n) is 2.98. The minimum absolute atomic E-state index is 0.0823. The summed E-state index contributed by atoms with van der Waals surface area (Å²) in [6.07, 6.45) is 2.26. The van der Waals surface area contributed by atoms with Crippen LogP contribution >= 0.6 is 23.4 Å². The van der Waals surface area contributed by atoms with Gasteiger partial charge in [-0.3, -0.25) is 0 Å². The number of thiocyanates is 1. The molecule has 0 fully saturated rings. The summed E-state index contributed by atoms with van der Waals surface area (Å²) in [5.74, 6) is -0.499. The molecule has 0 saturated carbocycles. The number of halogens is 1. The molecular weight excluding hydrogens is 248 g/mol. The summed E-state index contributed by atoms with van der Waals surface area (Å²) >= 11 is 6.24. The molecule has 0 amide bonds. The van der Waals surface area contributed by atoms with Crippen LogP contribution in [0.1, 0.15) is 26.2 Å². The van der Waals surface area contributed by atoms with E-state index in [0.29, 0.717) is 36.3 Å². The van der Waals surface area contributed by atoms with E-state index in [1.165, 1.54) is 0 Å². The van der Waals surface area contributed by atoms with Crippen molar-refractivity contribution in [1.29, 1.82) is 5.26 Å². The number of allylic oxidation sites excluding steroid dienone is 1. The molecular formula is C10H15ClN2O2S. The second-order valence-corrected chi connectivity index (χ2v) is 4.16. The average Bonchev–Trinajstić information content (AvgIpc) is 2.25. The number of carboxylic acid groups (broad SMARTS) is 1. The van der Waals surface area contributed by atoms with Gasteiger partial charge in [0.05, 0.1) is 0 Å². The molecule has 16 heavy (non-hydrogen) atoms. The number of nitrogens with one attached hydrogen (secondary N) is 1. The van der Waals surface area contributed by atoms with Gasteiger partial charge in [0.1, 0.15) is 10.3 Å². The van der Waals surface area contributed by atoms with Crippen molar-refractivity contribution in [2.45, 2.75) is 26.2 Å². The Bertz CT molecular complexity index is 300. The summed E-state index contributed by atoms with van der Waals surface area (Å²) in [7, 11) is 0. The van der Waals surface area contributed by atoms with E-state index < -0.39 is 5.97 Å². The van der Waals surface area contributed by atoms with Crippen molar-refractivity contribution >= 4 is 29.3 Å². The molecule has 0 rings (SSSR count). The predicted molar refractivity (Wildman–Crippen MR) is 66.1 cm³/mol. The fourth-order valence-corrected chi connectivity index (χ4v) is 1.84. The third-order valence-electron chi connectivity index (χ3n) is 1.82. The van der Waals surface area contributed by atoms with Crippen molar-refractivity contribution in [2.75, 3.05) is 12.4 Å². The van der Waals surface area contributed by atoms with Gasteiger partial charge in [-0.25, -0.2) is 4.79 Å². The molecule has 4 nitrogen and oxygen atoms in total. The molecule has 0 spiro atoms. The summed E-state index contributed by atoms with van der Waals surface area (Å²) in [5.41, 5.74) is 0.617. The number of rotatable bonds is 8. The van der Waals surface area contributed by atoms with Crippen LogP contribution in [-0.2, 0) is 4.79 Å². The molecule has 90 valence electrons. The van der Waals surface area contributed by atoms with Crippen molar-refractivity contribution in [3.05, 3.63) is 10.6 Å². The van der Waals surface area contributed by atoms with E-state index in [1.54, 1.807) is 5.40 Å². The summed E-state index contributed by atoms with van der Waals surface area (Å²) in [4.78, 5) is 11.0. The van der Waals surface area contributed by atoms with Crippen LogP contribution in [0.15, 0.2) is 10.6 Å². The van der Waals surface area contributed by atoms with Crippen LogP contribution in [0.5, 0.6) is 0 Å². The summed E-state index contributed by atoms with van der Waals surface area (Å²) in [6.45, 7) is 2.52. The summed E-state index contributed by atoms with van der Waals surface area (Å²) in [6, 6.07) is 0. The number of aliphatic carboxylic acids is 1. The molecule has 0 radical (unpaired) electrons. The molecule has 0 aromatic carbocycles. The lowest BCUT2D eigenvalue weighted by Crippen LogP contribution is -2.17. The van der Waals surface area contributed by atoms with Gasteiger partial charge in [-0.05, 0) is 37.9 Å². The lowest BCUT2D eigenvalue weighted by Gasteiger charge is -2.11. The maximum Gasteiger partial charge on any atom is 0.345 e. The zero-order valence-corrected chi connectivity index (χ0v) is 10.7. The Morgan fingerprint density at radius 1 is 1.56 bits per heavy atom. The van der Waals surface area contributed by atoms with Gasteiger partial charge in [-0.15, -0.1) is 11.6 Å². The SMILES string of the molecule is CCN/C(CCCCCl)=C(/SC#N)C(=O)O. The Hall–Kier alpha value is -0.860. The fraction of sp³-hybridized carbons (Fsp3) is 0.600. The van der Waals surface area contributed by atoms with Crippen LogP contribution in [0.2, 0.25) is 0 Å². The van der Waals surface area contributed by atoms with Crippen LogP contribution in [0.4, 0.5) is 0 Å². The monoisotopic (exact) mass is 262 g/mol. The molecule has 0 unspecified atom stereocenters. The molecule has 0 aliphatic heterocycles. The Labute approximate surface area is 105 Å². The molecule has 0 bridgehead atoms. The van der Waals surface area contributed by atoms with Gasteiger partial charge in [0.2, 0.25) is 0 Å². The highest BCUT2D eigenvalue weighted by Crippen LogP contribution is 2.21. The van der Waals surface area contributed by atoms with Gasteiger partial charge >= 0.3 is 5.97 Å². The number of nitrogens with zero attached hydrogens (tertiary/aromatic N) is 1. The van der Waals surface area contributed by atoms with Crippen molar-refractivity contribution in [3.63, 3.8) is 0 Å². The van der Waals surface area contributed by atoms with Crippen molar-refractivity contribution in [3.8, 4) is 5.40 Å². The summed E-state index contributed by atoms with van der Waals surface area (Å²) < 4.78 is 0. The number of hydrogen-bond donors (Lipinski definition) is 2. The van der Waals surface area contributed by atoms with Crippen molar-refractivity contribution < 1.29 is 9.90 Å². The lowest BCUT2D eigenvalue weighted by molar-refractivity contribution is -0.131. The number of carbonyl (C=O) groups is 1. The smallest absolute Gasteiger partial charge is 0.345 e. The number of carboxylic acids is 1. The molecule has 0 aromatic heterocycles. The number of unbranched alkanes of at least 4 members (excludes halogenated alkanes) is 1. The Balaban J connectivity index is 4.70. The van der Waals surface area contributed by atoms with Gasteiger partial charge in [0.15, 0.2) is 0 Å². The van der Waals surface area contributed by atoms with E-state index in [4.69, 9.17) is 22.0 Å². The van der Waals surface area contributed by atoms with Crippen molar-refractivity contribution in [1.82, 2.24) is 5.32 Å².